The van der Waals surface area contributed by atoms with E-state index in [-0.39, 0.29) is 0 Å². The molecule has 0 radical (unpaired) electrons. The molecule has 1 saturated heterocycles. The first-order chi connectivity index (χ1) is 11.8. The molecule has 6 heteroatoms. The molecule has 0 amide bonds. The van der Waals surface area contributed by atoms with Gasteiger partial charge in [-0.1, -0.05) is 6.07 Å². The summed E-state index contributed by atoms with van der Waals surface area (Å²) in [6.45, 7) is 4.72. The molecule has 1 fully saturated rings. The Hall–Kier alpha value is -1.89. The van der Waals surface area contributed by atoms with Gasteiger partial charge < -0.3 is 14.2 Å². The molecule has 0 aliphatic carbocycles. The maximum Gasteiger partial charge on any atom is 0.153 e. The minimum absolute atomic E-state index is 0.530. The molecule has 1 aromatic carbocycles. The van der Waals surface area contributed by atoms with E-state index in [4.69, 9.17) is 14.2 Å². The third-order valence-electron chi connectivity index (χ3n) is 4.01. The SMILES string of the molecule is COc1cc(OCCN2CCOCC2)c(C=O)cc1-c1cccs1. The molecule has 3 rings (SSSR count). The highest BCUT2D eigenvalue weighted by atomic mass is 32.1. The van der Waals surface area contributed by atoms with Crippen LogP contribution >= 0.6 is 11.3 Å². The molecule has 1 aromatic heterocycles. The predicted molar refractivity (Wildman–Crippen MR) is 94.4 cm³/mol. The second-order valence-electron chi connectivity index (χ2n) is 5.49. The highest BCUT2D eigenvalue weighted by Gasteiger charge is 2.15. The van der Waals surface area contributed by atoms with E-state index in [1.807, 2.05) is 23.6 Å². The van der Waals surface area contributed by atoms with E-state index in [9.17, 15) is 4.79 Å². The lowest BCUT2D eigenvalue weighted by atomic mass is 10.1. The van der Waals surface area contributed by atoms with Gasteiger partial charge in [0, 0.05) is 36.1 Å². The molecule has 1 aliphatic rings. The largest absolute Gasteiger partial charge is 0.496 e. The molecule has 24 heavy (non-hydrogen) atoms. The molecule has 0 spiro atoms. The molecular formula is C18H21NO4S. The van der Waals surface area contributed by atoms with Crippen molar-refractivity contribution in [3.8, 4) is 21.9 Å². The summed E-state index contributed by atoms with van der Waals surface area (Å²) in [6, 6.07) is 7.63. The van der Waals surface area contributed by atoms with E-state index < -0.39 is 0 Å². The second kappa shape index (κ2) is 8.28. The number of benzene rings is 1. The van der Waals surface area contributed by atoms with Crippen molar-refractivity contribution < 1.29 is 19.0 Å². The number of carbonyl (C=O) groups is 1. The number of methoxy groups -OCH3 is 1. The minimum atomic E-state index is 0.530. The van der Waals surface area contributed by atoms with Gasteiger partial charge in [-0.25, -0.2) is 0 Å². The topological polar surface area (TPSA) is 48.0 Å². The van der Waals surface area contributed by atoms with E-state index in [2.05, 4.69) is 4.90 Å². The molecule has 2 aromatic rings. The highest BCUT2D eigenvalue weighted by molar-refractivity contribution is 7.13. The van der Waals surface area contributed by atoms with E-state index >= 15 is 0 Å². The zero-order chi connectivity index (χ0) is 16.8. The van der Waals surface area contributed by atoms with Gasteiger partial charge in [0.2, 0.25) is 0 Å². The fraction of sp³-hybridized carbons (Fsp3) is 0.389. The number of carbonyl (C=O) groups excluding carboxylic acids is 1. The number of rotatable bonds is 7. The number of nitrogens with zero attached hydrogens (tertiary/aromatic N) is 1. The van der Waals surface area contributed by atoms with Crippen molar-refractivity contribution in [2.24, 2.45) is 0 Å². The number of hydrogen-bond donors (Lipinski definition) is 0. The fourth-order valence-electron chi connectivity index (χ4n) is 2.70. The maximum atomic E-state index is 11.5. The third-order valence-corrected chi connectivity index (χ3v) is 4.92. The smallest absolute Gasteiger partial charge is 0.153 e. The highest BCUT2D eigenvalue weighted by Crippen LogP contribution is 2.37. The van der Waals surface area contributed by atoms with Crippen LogP contribution in [0.15, 0.2) is 29.6 Å². The lowest BCUT2D eigenvalue weighted by Crippen LogP contribution is -2.38. The summed E-state index contributed by atoms with van der Waals surface area (Å²) in [6.07, 6.45) is 0.834. The molecule has 1 aliphatic heterocycles. The predicted octanol–water partition coefficient (Wildman–Crippen LogP) is 2.95. The van der Waals surface area contributed by atoms with Gasteiger partial charge in [0.25, 0.3) is 0 Å². The average Bonchev–Trinajstić information content (AvgIpc) is 3.16. The monoisotopic (exact) mass is 347 g/mol. The molecule has 2 heterocycles. The molecule has 5 nitrogen and oxygen atoms in total. The van der Waals surface area contributed by atoms with Crippen molar-refractivity contribution >= 4 is 17.6 Å². The third kappa shape index (κ3) is 3.95. The van der Waals surface area contributed by atoms with Crippen LogP contribution in [-0.4, -0.2) is 57.8 Å². The van der Waals surface area contributed by atoms with Crippen molar-refractivity contribution in [3.05, 3.63) is 35.2 Å². The van der Waals surface area contributed by atoms with Gasteiger partial charge in [-0.3, -0.25) is 9.69 Å². The van der Waals surface area contributed by atoms with Crippen LogP contribution in [0.5, 0.6) is 11.5 Å². The van der Waals surface area contributed by atoms with Gasteiger partial charge in [0.15, 0.2) is 6.29 Å². The normalized spacial score (nSPS) is 15.2. The van der Waals surface area contributed by atoms with Crippen LogP contribution in [0.2, 0.25) is 0 Å². The van der Waals surface area contributed by atoms with Crippen molar-refractivity contribution in [1.82, 2.24) is 4.90 Å². The van der Waals surface area contributed by atoms with E-state index in [1.54, 1.807) is 24.5 Å². The van der Waals surface area contributed by atoms with Gasteiger partial charge >= 0.3 is 0 Å². The summed E-state index contributed by atoms with van der Waals surface area (Å²) >= 11 is 1.61. The van der Waals surface area contributed by atoms with Crippen LogP contribution in [0.3, 0.4) is 0 Å². The Balaban J connectivity index is 1.73. The van der Waals surface area contributed by atoms with Crippen molar-refractivity contribution in [1.29, 1.82) is 0 Å². The molecular weight excluding hydrogens is 326 g/mol. The van der Waals surface area contributed by atoms with Gasteiger partial charge in [-0.05, 0) is 17.5 Å². The Morgan fingerprint density at radius 3 is 2.79 bits per heavy atom. The van der Waals surface area contributed by atoms with Crippen LogP contribution in [-0.2, 0) is 4.74 Å². The number of hydrogen-bond acceptors (Lipinski definition) is 6. The minimum Gasteiger partial charge on any atom is -0.496 e. The average molecular weight is 347 g/mol. The van der Waals surface area contributed by atoms with Crippen LogP contribution < -0.4 is 9.47 Å². The van der Waals surface area contributed by atoms with E-state index in [0.717, 1.165) is 49.6 Å². The van der Waals surface area contributed by atoms with Gasteiger partial charge in [-0.15, -0.1) is 11.3 Å². The summed E-state index contributed by atoms with van der Waals surface area (Å²) in [4.78, 5) is 14.8. The molecule has 0 saturated carbocycles. The first-order valence-corrected chi connectivity index (χ1v) is 8.84. The van der Waals surface area contributed by atoms with Gasteiger partial charge in [0.1, 0.15) is 18.1 Å². The van der Waals surface area contributed by atoms with E-state index in [0.29, 0.717) is 23.7 Å². The summed E-state index contributed by atoms with van der Waals surface area (Å²) < 4.78 is 16.7. The molecule has 0 N–H and O–H groups in total. The Morgan fingerprint density at radius 1 is 1.29 bits per heavy atom. The summed E-state index contributed by atoms with van der Waals surface area (Å²) in [5.41, 5.74) is 1.45. The number of thiophene rings is 1. The summed E-state index contributed by atoms with van der Waals surface area (Å²) in [5, 5.41) is 2.00. The zero-order valence-electron chi connectivity index (χ0n) is 13.7. The zero-order valence-corrected chi connectivity index (χ0v) is 14.5. The Bertz CT molecular complexity index is 666. The van der Waals surface area contributed by atoms with Crippen molar-refractivity contribution in [2.75, 3.05) is 46.6 Å². The van der Waals surface area contributed by atoms with Crippen LogP contribution in [0, 0.1) is 0 Å². The number of morpholine rings is 1. The van der Waals surface area contributed by atoms with E-state index in [1.165, 1.54) is 0 Å². The van der Waals surface area contributed by atoms with Crippen molar-refractivity contribution in [2.45, 2.75) is 0 Å². The Morgan fingerprint density at radius 2 is 2.12 bits per heavy atom. The first-order valence-electron chi connectivity index (χ1n) is 7.96. The second-order valence-corrected chi connectivity index (χ2v) is 6.44. The Labute approximate surface area is 145 Å². The number of aldehydes is 1. The number of ether oxygens (including phenoxy) is 3. The van der Waals surface area contributed by atoms with Crippen LogP contribution in [0.25, 0.3) is 10.4 Å². The molecule has 0 unspecified atom stereocenters. The quantitative estimate of drug-likeness (QED) is 0.721. The van der Waals surface area contributed by atoms with Crippen LogP contribution in [0.1, 0.15) is 10.4 Å². The van der Waals surface area contributed by atoms with Gasteiger partial charge in [-0.2, -0.15) is 0 Å². The molecule has 128 valence electrons. The standard InChI is InChI=1S/C18H21NO4S/c1-21-17-12-16(23-9-6-19-4-7-22-8-5-19)14(13-20)11-15(17)18-3-2-10-24-18/h2-3,10-13H,4-9H2,1H3. The summed E-state index contributed by atoms with van der Waals surface area (Å²) in [7, 11) is 1.63. The first kappa shape index (κ1) is 17.0. The lowest BCUT2D eigenvalue weighted by molar-refractivity contribution is 0.0322. The Kier molecular flexibility index (Phi) is 5.85. The molecule has 0 bridgehead atoms. The lowest BCUT2D eigenvalue weighted by Gasteiger charge is -2.26. The maximum absolute atomic E-state index is 11.5. The van der Waals surface area contributed by atoms with Crippen molar-refractivity contribution in [3.63, 3.8) is 0 Å². The van der Waals surface area contributed by atoms with Crippen LogP contribution in [0.4, 0.5) is 0 Å². The van der Waals surface area contributed by atoms with Gasteiger partial charge in [0.05, 0.1) is 25.9 Å². The summed E-state index contributed by atoms with van der Waals surface area (Å²) in [5.74, 6) is 1.28. The fourth-order valence-corrected chi connectivity index (χ4v) is 3.45. The molecule has 0 atom stereocenters.